The first-order valence-electron chi connectivity index (χ1n) is 24.8. The second-order valence-corrected chi connectivity index (χ2v) is 17.4. The first-order chi connectivity index (χ1) is 38.5. The Hall–Kier alpha value is -5.82. The van der Waals surface area contributed by atoms with Crippen LogP contribution in [0.3, 0.4) is 0 Å². The maximum atomic E-state index is 10.4. The number of nitrogens with two attached hydrogens (primary N) is 8. The Labute approximate surface area is 488 Å². The van der Waals surface area contributed by atoms with Crippen LogP contribution in [0.4, 0.5) is 0 Å². The summed E-state index contributed by atoms with van der Waals surface area (Å²) >= 11 is 0. The van der Waals surface area contributed by atoms with Crippen molar-refractivity contribution in [1.29, 1.82) is 0 Å². The molecule has 0 aromatic heterocycles. The standard InChI is InChI=1S/C9H11NO2.3C6H13NO2.C3H7NO3.3C3H8O3.C3H8O2.3C2H5NO2/c10-8(9(11)12)6-7-4-2-1-3-5-7;3*1-4(2)3-5(7)6(8)9;4-2(1-5)3(6)7;3*4-1-3(6)2-5;1-3(5)2-4;3*3-1-2(4)5/h1-5,8H,6,10H2,(H,11,12);3*4-5H,3,7H2,1-2H3,(H,8,9);2,5H,1,4H2,(H,6,7);3*3-6H,1-2H2;3-5H,2H2,1H3;3*1,3H2,(H,4,5)/t8-;3*5-;2-;;;;;;;/m00000......./s1. The summed E-state index contributed by atoms with van der Waals surface area (Å²) in [6.45, 7) is 9.55. The van der Waals surface area contributed by atoms with Crippen molar-refractivity contribution in [2.75, 3.05) is 72.5 Å². The fourth-order valence-corrected chi connectivity index (χ4v) is 3.03. The molecule has 0 spiro atoms. The van der Waals surface area contributed by atoms with Crippen molar-refractivity contribution < 1.29 is 140 Å². The molecule has 1 unspecified atom stereocenters. The number of carbonyl (C=O) groups is 8. The van der Waals surface area contributed by atoms with Crippen LogP contribution >= 0.6 is 0 Å². The minimum absolute atomic E-state index is 0.139. The van der Waals surface area contributed by atoms with E-state index in [1.807, 2.05) is 71.9 Å². The second kappa shape index (κ2) is 75.2. The summed E-state index contributed by atoms with van der Waals surface area (Å²) < 4.78 is 0. The number of rotatable bonds is 24. The molecule has 0 aliphatic rings. The van der Waals surface area contributed by atoms with E-state index in [1.54, 1.807) is 0 Å². The molecule has 0 fully saturated rings. The molecule has 0 amide bonds. The van der Waals surface area contributed by atoms with Gasteiger partial charge >= 0.3 is 47.8 Å². The summed E-state index contributed by atoms with van der Waals surface area (Å²) in [6, 6.07) is 5.35. The number of hydrogen-bond acceptors (Lipinski definition) is 28. The van der Waals surface area contributed by atoms with Crippen molar-refractivity contribution in [2.45, 2.75) is 129 Å². The number of aliphatic hydroxyl groups is 12. The molecule has 1 aromatic carbocycles. The lowest BCUT2D eigenvalue weighted by molar-refractivity contribution is -0.140. The summed E-state index contributed by atoms with van der Waals surface area (Å²) in [6.07, 6.45) is -1.38. The van der Waals surface area contributed by atoms with Crippen molar-refractivity contribution in [3.05, 3.63) is 35.9 Å². The number of carboxylic acid groups (broad SMARTS) is 8. The van der Waals surface area contributed by atoms with Crippen LogP contribution in [0.15, 0.2) is 30.3 Å². The molecule has 1 rings (SSSR count). The molecule has 0 aliphatic heterocycles. The van der Waals surface area contributed by atoms with Crippen LogP contribution in [0.25, 0.3) is 0 Å². The van der Waals surface area contributed by atoms with Crippen LogP contribution in [0.5, 0.6) is 0 Å². The smallest absolute Gasteiger partial charge is 0.322 e. The third kappa shape index (κ3) is 119. The summed E-state index contributed by atoms with van der Waals surface area (Å²) in [7, 11) is 0. The molecule has 0 saturated carbocycles. The molecule has 0 aliphatic carbocycles. The molecule has 84 heavy (non-hydrogen) atoms. The highest BCUT2D eigenvalue weighted by Crippen LogP contribution is 2.04. The molecule has 0 saturated heterocycles. The van der Waals surface area contributed by atoms with Crippen LogP contribution in [0, 0.1) is 17.8 Å². The van der Waals surface area contributed by atoms with Gasteiger partial charge < -0.3 is 148 Å². The molecule has 504 valence electrons. The Bertz CT molecular complexity index is 1530. The highest BCUT2D eigenvalue weighted by molar-refractivity contribution is 5.74. The summed E-state index contributed by atoms with van der Waals surface area (Å²) in [4.78, 5) is 78.1. The van der Waals surface area contributed by atoms with Crippen LogP contribution in [0.1, 0.15) is 73.3 Å². The van der Waals surface area contributed by atoms with Gasteiger partial charge in [0, 0.05) is 0 Å². The maximum absolute atomic E-state index is 10.4. The van der Waals surface area contributed by atoms with Gasteiger partial charge in [0.1, 0.15) is 48.5 Å². The first kappa shape index (κ1) is 103. The summed E-state index contributed by atoms with van der Waals surface area (Å²) in [5, 5.41) is 160. The monoisotopic (exact) mass is 1240 g/mol. The average Bonchev–Trinajstić information content (AvgIpc) is 3.43. The molecule has 36 nitrogen and oxygen atoms in total. The molecule has 6 atom stereocenters. The van der Waals surface area contributed by atoms with E-state index in [0.717, 1.165) is 5.56 Å². The van der Waals surface area contributed by atoms with Gasteiger partial charge in [-0.2, -0.15) is 0 Å². The molecule has 36 heteroatoms. The van der Waals surface area contributed by atoms with Gasteiger partial charge in [0.2, 0.25) is 0 Å². The van der Waals surface area contributed by atoms with Gasteiger partial charge in [-0.05, 0) is 55.9 Å². The van der Waals surface area contributed by atoms with Crippen LogP contribution < -0.4 is 45.9 Å². The quantitative estimate of drug-likeness (QED) is 0.0457. The van der Waals surface area contributed by atoms with Gasteiger partial charge in [-0.1, -0.05) is 71.9 Å². The van der Waals surface area contributed by atoms with E-state index in [0.29, 0.717) is 43.4 Å². The number of hydrogen-bond donors (Lipinski definition) is 28. The van der Waals surface area contributed by atoms with Crippen LogP contribution in [-0.4, -0.2) is 277 Å². The zero-order valence-corrected chi connectivity index (χ0v) is 48.8. The van der Waals surface area contributed by atoms with E-state index in [2.05, 4.69) is 17.2 Å². The second-order valence-electron chi connectivity index (χ2n) is 17.4. The predicted octanol–water partition coefficient (Wildman–Crippen LogP) is -8.19. The number of benzene rings is 1. The molecule has 1 aromatic rings. The minimum atomic E-state index is -1.18. The van der Waals surface area contributed by atoms with Crippen molar-refractivity contribution in [3.8, 4) is 0 Å². The molecule has 0 bridgehead atoms. The van der Waals surface area contributed by atoms with Gasteiger partial charge in [0.05, 0.1) is 78.6 Å². The number of aliphatic hydroxyl groups excluding tert-OH is 12. The van der Waals surface area contributed by atoms with Crippen molar-refractivity contribution in [1.82, 2.24) is 0 Å². The van der Waals surface area contributed by atoms with E-state index >= 15 is 0 Å². The van der Waals surface area contributed by atoms with E-state index in [-0.39, 0.29) is 65.9 Å². The summed E-state index contributed by atoms with van der Waals surface area (Å²) in [5.41, 5.74) is 40.4. The van der Waals surface area contributed by atoms with Crippen molar-refractivity contribution in [2.24, 2.45) is 63.6 Å². The fourth-order valence-electron chi connectivity index (χ4n) is 3.03. The average molecular weight is 1240 g/mol. The van der Waals surface area contributed by atoms with Crippen molar-refractivity contribution in [3.63, 3.8) is 0 Å². The highest BCUT2D eigenvalue weighted by Gasteiger charge is 2.14. The lowest BCUT2D eigenvalue weighted by atomic mass is 10.1. The molecule has 36 N–H and O–H groups in total. The molecular formula is C48H104N8O28. The molecular weight excluding hydrogens is 1140 g/mol. The van der Waals surface area contributed by atoms with Gasteiger partial charge in [0.25, 0.3) is 0 Å². The van der Waals surface area contributed by atoms with Crippen LogP contribution in [-0.2, 0) is 44.8 Å². The fraction of sp³-hybridized carbons (Fsp3) is 0.708. The molecule has 0 heterocycles. The number of carboxylic acids is 8. The van der Waals surface area contributed by atoms with Gasteiger partial charge in [-0.25, -0.2) is 0 Å². The lowest BCUT2D eigenvalue weighted by Crippen LogP contribution is -2.33. The molecule has 0 radical (unpaired) electrons. The van der Waals surface area contributed by atoms with Gasteiger partial charge in [0.15, 0.2) is 0 Å². The zero-order valence-electron chi connectivity index (χ0n) is 48.8. The first-order valence-corrected chi connectivity index (χ1v) is 24.8. The van der Waals surface area contributed by atoms with Crippen LogP contribution in [0.2, 0.25) is 0 Å². The van der Waals surface area contributed by atoms with Gasteiger partial charge in [-0.3, -0.25) is 38.4 Å². The Morgan fingerprint density at radius 3 is 0.619 bits per heavy atom. The Kier molecular flexibility index (Phi) is 92.4. The predicted molar refractivity (Wildman–Crippen MR) is 303 cm³/mol. The van der Waals surface area contributed by atoms with Gasteiger partial charge in [-0.15, -0.1) is 0 Å². The maximum Gasteiger partial charge on any atom is 0.322 e. The summed E-state index contributed by atoms with van der Waals surface area (Å²) in [5.74, 6) is -6.71. The highest BCUT2D eigenvalue weighted by atomic mass is 16.4. The number of aliphatic carboxylic acids is 8. The Morgan fingerprint density at radius 1 is 0.345 bits per heavy atom. The largest absolute Gasteiger partial charge is 0.480 e. The van der Waals surface area contributed by atoms with Crippen molar-refractivity contribution >= 4 is 47.8 Å². The minimum Gasteiger partial charge on any atom is -0.480 e. The third-order valence-electron chi connectivity index (χ3n) is 7.31. The normalized spacial score (nSPS) is 11.7. The zero-order chi connectivity index (χ0) is 69.3. The Balaban J connectivity index is -0.0000000778. The topological polar surface area (TPSA) is 749 Å². The SMILES string of the molecule is CC(C)C[C@H](N)C(=O)O.CC(C)C[C@H](N)C(=O)O.CC(C)C[C@H](N)C(=O)O.CC(O)CO.NCC(=O)O.NCC(=O)O.NCC(=O)O.N[C@@H](CO)C(=O)O.N[C@@H](Cc1ccccc1)C(=O)O.OCC(O)CO.OCC(O)CO.OCC(O)CO. The van der Waals surface area contributed by atoms with E-state index < -0.39 is 109 Å². The van der Waals surface area contributed by atoms with E-state index in [1.165, 1.54) is 6.92 Å². The van der Waals surface area contributed by atoms with E-state index in [4.69, 9.17) is 131 Å². The lowest BCUT2D eigenvalue weighted by Gasteiger charge is -2.07. The Morgan fingerprint density at radius 2 is 0.536 bits per heavy atom. The third-order valence-corrected chi connectivity index (χ3v) is 7.31. The van der Waals surface area contributed by atoms with E-state index in [9.17, 15) is 38.4 Å².